The first-order valence-corrected chi connectivity index (χ1v) is 4.92. The van der Waals surface area contributed by atoms with Crippen LogP contribution in [0, 0.1) is 0 Å². The van der Waals surface area contributed by atoms with Crippen molar-refractivity contribution in [3.05, 3.63) is 0 Å². The Morgan fingerprint density at radius 3 is 2.71 bits per heavy atom. The highest BCUT2D eigenvalue weighted by Crippen LogP contribution is 1.92. The molecule has 0 aliphatic carbocycles. The lowest BCUT2D eigenvalue weighted by atomic mass is 10.3. The van der Waals surface area contributed by atoms with E-state index in [4.69, 9.17) is 20.9 Å². The third-order valence-corrected chi connectivity index (χ3v) is 1.60. The molecule has 0 aliphatic rings. The lowest BCUT2D eigenvalue weighted by Gasteiger charge is -2.11. The lowest BCUT2D eigenvalue weighted by Crippen LogP contribution is -2.37. The molecule has 84 valence electrons. The van der Waals surface area contributed by atoms with E-state index in [0.29, 0.717) is 19.8 Å². The van der Waals surface area contributed by atoms with Gasteiger partial charge in [0.05, 0.1) is 19.8 Å². The Labute approximate surface area is 84.7 Å². The predicted octanol–water partition coefficient (Wildman–Crippen LogP) is -0.368. The zero-order chi connectivity index (χ0) is 10.8. The van der Waals surface area contributed by atoms with Gasteiger partial charge in [-0.1, -0.05) is 13.3 Å². The van der Waals surface area contributed by atoms with Gasteiger partial charge in [-0.2, -0.15) is 0 Å². The van der Waals surface area contributed by atoms with E-state index in [-0.39, 0.29) is 6.61 Å². The summed E-state index contributed by atoms with van der Waals surface area (Å²) in [5.74, 6) is -0.407. The van der Waals surface area contributed by atoms with Crippen molar-refractivity contribution < 1.29 is 14.3 Å². The zero-order valence-electron chi connectivity index (χ0n) is 8.70. The Kier molecular flexibility index (Phi) is 8.51. The fraction of sp³-hybridized carbons (Fsp3) is 0.889. The van der Waals surface area contributed by atoms with Gasteiger partial charge < -0.3 is 20.9 Å². The molecule has 0 heterocycles. The minimum Gasteiger partial charge on any atom is -0.464 e. The van der Waals surface area contributed by atoms with Gasteiger partial charge in [-0.05, 0) is 6.42 Å². The van der Waals surface area contributed by atoms with Gasteiger partial charge in [0.15, 0.2) is 0 Å². The standard InChI is InChI=1S/C9H20N2O3/c1-2-3-5-14-9(12)8(11)7-13-6-4-10/h8H,2-7,10-11H2,1H3. The summed E-state index contributed by atoms with van der Waals surface area (Å²) in [5, 5.41) is 0. The number of hydrogen-bond donors (Lipinski definition) is 2. The van der Waals surface area contributed by atoms with Gasteiger partial charge >= 0.3 is 5.97 Å². The van der Waals surface area contributed by atoms with E-state index in [1.807, 2.05) is 6.92 Å². The molecule has 4 N–H and O–H groups in total. The van der Waals surface area contributed by atoms with E-state index in [1.165, 1.54) is 0 Å². The molecule has 0 aromatic carbocycles. The number of carbonyl (C=O) groups excluding carboxylic acids is 1. The monoisotopic (exact) mass is 204 g/mol. The smallest absolute Gasteiger partial charge is 0.325 e. The number of carbonyl (C=O) groups is 1. The average molecular weight is 204 g/mol. The highest BCUT2D eigenvalue weighted by Gasteiger charge is 2.14. The van der Waals surface area contributed by atoms with E-state index in [1.54, 1.807) is 0 Å². The molecule has 0 aliphatic heterocycles. The van der Waals surface area contributed by atoms with Crippen LogP contribution in [0.5, 0.6) is 0 Å². The van der Waals surface area contributed by atoms with Gasteiger partial charge in [-0.3, -0.25) is 4.79 Å². The maximum atomic E-state index is 11.2. The van der Waals surface area contributed by atoms with Crippen molar-refractivity contribution in [2.24, 2.45) is 11.5 Å². The molecule has 0 amide bonds. The number of esters is 1. The van der Waals surface area contributed by atoms with Gasteiger partial charge in [-0.15, -0.1) is 0 Å². The van der Waals surface area contributed by atoms with Crippen LogP contribution in [0.15, 0.2) is 0 Å². The number of unbranched alkanes of at least 4 members (excludes halogenated alkanes) is 1. The summed E-state index contributed by atoms with van der Waals surface area (Å²) >= 11 is 0. The van der Waals surface area contributed by atoms with Gasteiger partial charge in [0.2, 0.25) is 0 Å². The van der Waals surface area contributed by atoms with Gasteiger partial charge in [0.1, 0.15) is 6.04 Å². The summed E-state index contributed by atoms with van der Waals surface area (Å²) in [5.41, 5.74) is 10.7. The Balaban J connectivity index is 3.44. The molecular formula is C9H20N2O3. The van der Waals surface area contributed by atoms with Crippen LogP contribution in [0.3, 0.4) is 0 Å². The second kappa shape index (κ2) is 8.93. The quantitative estimate of drug-likeness (QED) is 0.416. The van der Waals surface area contributed by atoms with E-state index in [2.05, 4.69) is 0 Å². The molecule has 0 saturated carbocycles. The Morgan fingerprint density at radius 1 is 1.43 bits per heavy atom. The molecular weight excluding hydrogens is 184 g/mol. The SMILES string of the molecule is CCCCOC(=O)C(N)COCCN. The van der Waals surface area contributed by atoms with Crippen LogP contribution in [-0.4, -0.2) is 38.4 Å². The molecule has 5 heteroatoms. The van der Waals surface area contributed by atoms with Crippen LogP contribution in [-0.2, 0) is 14.3 Å². The Bertz CT molecular complexity index is 153. The molecule has 0 rings (SSSR count). The van der Waals surface area contributed by atoms with Crippen molar-refractivity contribution >= 4 is 5.97 Å². The van der Waals surface area contributed by atoms with Crippen LogP contribution in [0.2, 0.25) is 0 Å². The minimum absolute atomic E-state index is 0.169. The van der Waals surface area contributed by atoms with Crippen LogP contribution >= 0.6 is 0 Å². The number of hydrogen-bond acceptors (Lipinski definition) is 5. The Hall–Kier alpha value is -0.650. The third-order valence-electron chi connectivity index (χ3n) is 1.60. The molecule has 5 nitrogen and oxygen atoms in total. The summed E-state index contributed by atoms with van der Waals surface area (Å²) in [7, 11) is 0. The fourth-order valence-electron chi connectivity index (χ4n) is 0.786. The number of rotatable bonds is 8. The van der Waals surface area contributed by atoms with Crippen molar-refractivity contribution in [3.63, 3.8) is 0 Å². The van der Waals surface area contributed by atoms with Crippen molar-refractivity contribution in [2.45, 2.75) is 25.8 Å². The van der Waals surface area contributed by atoms with Crippen LogP contribution in [0.25, 0.3) is 0 Å². The zero-order valence-corrected chi connectivity index (χ0v) is 8.70. The van der Waals surface area contributed by atoms with E-state index in [9.17, 15) is 4.79 Å². The van der Waals surface area contributed by atoms with Gasteiger partial charge in [-0.25, -0.2) is 0 Å². The first-order chi connectivity index (χ1) is 6.72. The molecule has 0 aromatic heterocycles. The van der Waals surface area contributed by atoms with Crippen molar-refractivity contribution in [2.75, 3.05) is 26.4 Å². The molecule has 0 spiro atoms. The predicted molar refractivity (Wildman–Crippen MR) is 53.7 cm³/mol. The highest BCUT2D eigenvalue weighted by atomic mass is 16.5. The molecule has 0 radical (unpaired) electrons. The summed E-state index contributed by atoms with van der Waals surface area (Å²) < 4.78 is 9.92. The summed E-state index contributed by atoms with van der Waals surface area (Å²) in [6, 6.07) is -0.696. The topological polar surface area (TPSA) is 87.6 Å². The summed E-state index contributed by atoms with van der Waals surface area (Å²) in [6.07, 6.45) is 1.86. The van der Waals surface area contributed by atoms with Crippen LogP contribution in [0.1, 0.15) is 19.8 Å². The third kappa shape index (κ3) is 6.82. The molecule has 0 saturated heterocycles. The van der Waals surface area contributed by atoms with E-state index < -0.39 is 12.0 Å². The van der Waals surface area contributed by atoms with Crippen molar-refractivity contribution in [1.82, 2.24) is 0 Å². The lowest BCUT2D eigenvalue weighted by molar-refractivity contribution is -0.146. The number of ether oxygens (including phenoxy) is 2. The second-order valence-electron chi connectivity index (χ2n) is 2.99. The van der Waals surface area contributed by atoms with Crippen LogP contribution in [0.4, 0.5) is 0 Å². The highest BCUT2D eigenvalue weighted by molar-refractivity contribution is 5.75. The molecule has 0 fully saturated rings. The van der Waals surface area contributed by atoms with Crippen molar-refractivity contribution in [1.29, 1.82) is 0 Å². The van der Waals surface area contributed by atoms with Gasteiger partial charge in [0.25, 0.3) is 0 Å². The molecule has 1 atom stereocenters. The molecule has 1 unspecified atom stereocenters. The maximum absolute atomic E-state index is 11.2. The summed E-state index contributed by atoms with van der Waals surface area (Å²) in [6.45, 7) is 3.47. The van der Waals surface area contributed by atoms with Crippen molar-refractivity contribution in [3.8, 4) is 0 Å². The average Bonchev–Trinajstić information content (AvgIpc) is 2.18. The summed E-state index contributed by atoms with van der Waals surface area (Å²) in [4.78, 5) is 11.2. The minimum atomic E-state index is -0.696. The largest absolute Gasteiger partial charge is 0.464 e. The van der Waals surface area contributed by atoms with E-state index in [0.717, 1.165) is 12.8 Å². The normalized spacial score (nSPS) is 12.5. The molecule has 14 heavy (non-hydrogen) atoms. The van der Waals surface area contributed by atoms with Gasteiger partial charge in [0, 0.05) is 6.54 Å². The first-order valence-electron chi connectivity index (χ1n) is 4.92. The molecule has 0 bridgehead atoms. The molecule has 0 aromatic rings. The maximum Gasteiger partial charge on any atom is 0.325 e. The fourth-order valence-corrected chi connectivity index (χ4v) is 0.786. The number of nitrogens with two attached hydrogens (primary N) is 2. The van der Waals surface area contributed by atoms with Crippen LogP contribution < -0.4 is 11.5 Å². The van der Waals surface area contributed by atoms with E-state index >= 15 is 0 Å². The second-order valence-corrected chi connectivity index (χ2v) is 2.99. The Morgan fingerprint density at radius 2 is 2.14 bits per heavy atom. The first kappa shape index (κ1) is 13.4.